The Morgan fingerprint density at radius 3 is 2.60 bits per heavy atom. The summed E-state index contributed by atoms with van der Waals surface area (Å²) in [4.78, 5) is 10.6. The van der Waals surface area contributed by atoms with Crippen molar-refractivity contribution in [1.29, 1.82) is 0 Å². The minimum atomic E-state index is -1.24. The van der Waals surface area contributed by atoms with Crippen molar-refractivity contribution in [1.82, 2.24) is 0 Å². The summed E-state index contributed by atoms with van der Waals surface area (Å²) in [6.07, 6.45) is -1.24. The molecule has 1 rings (SSSR count). The van der Waals surface area contributed by atoms with Crippen LogP contribution in [0.2, 0.25) is 5.02 Å². The van der Waals surface area contributed by atoms with Gasteiger partial charge in [-0.1, -0.05) is 17.7 Å². The second kappa shape index (κ2) is 4.59. The largest absolute Gasteiger partial charge is 0.481 e. The highest BCUT2D eigenvalue weighted by Gasteiger charge is 2.23. The van der Waals surface area contributed by atoms with Crippen LogP contribution in [0, 0.1) is 11.7 Å². The molecular formula is C10H10ClFO3. The molecule has 0 spiro atoms. The third-order valence-electron chi connectivity index (χ3n) is 2.15. The van der Waals surface area contributed by atoms with Gasteiger partial charge in [-0.25, -0.2) is 4.39 Å². The molecule has 0 heterocycles. The van der Waals surface area contributed by atoms with Crippen molar-refractivity contribution in [3.63, 3.8) is 0 Å². The van der Waals surface area contributed by atoms with E-state index in [-0.39, 0.29) is 10.6 Å². The number of halogens is 2. The average Bonchev–Trinajstić information content (AvgIpc) is 2.19. The molecule has 0 fully saturated rings. The first kappa shape index (κ1) is 11.9. The normalized spacial score (nSPS) is 14.7. The van der Waals surface area contributed by atoms with E-state index in [4.69, 9.17) is 16.7 Å². The van der Waals surface area contributed by atoms with Crippen LogP contribution in [0.15, 0.2) is 18.2 Å². The van der Waals surface area contributed by atoms with E-state index in [9.17, 15) is 14.3 Å². The highest BCUT2D eigenvalue weighted by atomic mass is 35.5. The van der Waals surface area contributed by atoms with Crippen molar-refractivity contribution < 1.29 is 19.4 Å². The Bertz CT molecular complexity index is 381. The summed E-state index contributed by atoms with van der Waals surface area (Å²) >= 11 is 5.45. The zero-order valence-corrected chi connectivity index (χ0v) is 8.70. The van der Waals surface area contributed by atoms with Crippen molar-refractivity contribution in [2.45, 2.75) is 13.0 Å². The van der Waals surface area contributed by atoms with Gasteiger partial charge in [0.15, 0.2) is 0 Å². The van der Waals surface area contributed by atoms with Gasteiger partial charge in [0, 0.05) is 0 Å². The smallest absolute Gasteiger partial charge is 0.309 e. The number of rotatable bonds is 3. The first-order chi connectivity index (χ1) is 6.93. The van der Waals surface area contributed by atoms with Crippen LogP contribution in [0.1, 0.15) is 18.6 Å². The lowest BCUT2D eigenvalue weighted by atomic mass is 9.98. The number of aliphatic hydroxyl groups is 1. The zero-order valence-electron chi connectivity index (χ0n) is 7.95. The number of hydrogen-bond acceptors (Lipinski definition) is 2. The monoisotopic (exact) mass is 232 g/mol. The van der Waals surface area contributed by atoms with Crippen LogP contribution in [0.5, 0.6) is 0 Å². The second-order valence-electron chi connectivity index (χ2n) is 3.25. The van der Waals surface area contributed by atoms with Crippen LogP contribution >= 0.6 is 11.6 Å². The van der Waals surface area contributed by atoms with Gasteiger partial charge >= 0.3 is 5.97 Å². The number of hydrogen-bond donors (Lipinski definition) is 2. The first-order valence-electron chi connectivity index (χ1n) is 4.29. The highest BCUT2D eigenvalue weighted by Crippen LogP contribution is 2.25. The molecule has 0 radical (unpaired) electrons. The third kappa shape index (κ3) is 2.67. The molecule has 1 aromatic carbocycles. The Kier molecular flexibility index (Phi) is 3.66. The molecule has 0 saturated carbocycles. The van der Waals surface area contributed by atoms with Gasteiger partial charge in [-0.3, -0.25) is 4.79 Å². The fourth-order valence-corrected chi connectivity index (χ4v) is 1.24. The molecule has 15 heavy (non-hydrogen) atoms. The maximum Gasteiger partial charge on any atom is 0.309 e. The van der Waals surface area contributed by atoms with E-state index >= 15 is 0 Å². The molecule has 0 aliphatic heterocycles. The summed E-state index contributed by atoms with van der Waals surface area (Å²) < 4.78 is 13.0. The SMILES string of the molecule is CC(C(=O)O)C(O)c1ccc(Cl)c(F)c1. The first-order valence-corrected chi connectivity index (χ1v) is 4.67. The molecule has 0 aliphatic carbocycles. The van der Waals surface area contributed by atoms with Crippen molar-refractivity contribution in [2.24, 2.45) is 5.92 Å². The summed E-state index contributed by atoms with van der Waals surface area (Å²) in [5.41, 5.74) is 0.201. The van der Waals surface area contributed by atoms with Crippen molar-refractivity contribution >= 4 is 17.6 Å². The van der Waals surface area contributed by atoms with Crippen LogP contribution in [0.25, 0.3) is 0 Å². The quantitative estimate of drug-likeness (QED) is 0.840. The van der Waals surface area contributed by atoms with Crippen LogP contribution in [0.3, 0.4) is 0 Å². The number of carboxylic acid groups (broad SMARTS) is 1. The van der Waals surface area contributed by atoms with Gasteiger partial charge in [0.2, 0.25) is 0 Å². The summed E-state index contributed by atoms with van der Waals surface area (Å²) in [5, 5.41) is 18.2. The molecule has 3 nitrogen and oxygen atoms in total. The molecule has 2 atom stereocenters. The van der Waals surface area contributed by atoms with Gasteiger partial charge < -0.3 is 10.2 Å². The van der Waals surface area contributed by atoms with Crippen LogP contribution in [-0.2, 0) is 4.79 Å². The van der Waals surface area contributed by atoms with Gasteiger partial charge in [-0.05, 0) is 24.6 Å². The predicted molar refractivity (Wildman–Crippen MR) is 53.2 cm³/mol. The van der Waals surface area contributed by atoms with E-state index in [1.54, 1.807) is 0 Å². The van der Waals surface area contributed by atoms with Gasteiger partial charge in [-0.2, -0.15) is 0 Å². The van der Waals surface area contributed by atoms with Crippen LogP contribution in [-0.4, -0.2) is 16.2 Å². The molecule has 0 aliphatic rings. The maximum absolute atomic E-state index is 13.0. The van der Waals surface area contributed by atoms with E-state index in [2.05, 4.69) is 0 Å². The zero-order chi connectivity index (χ0) is 11.6. The fourth-order valence-electron chi connectivity index (χ4n) is 1.12. The highest BCUT2D eigenvalue weighted by molar-refractivity contribution is 6.30. The Balaban J connectivity index is 2.96. The molecule has 2 unspecified atom stereocenters. The van der Waals surface area contributed by atoms with Crippen molar-refractivity contribution in [3.8, 4) is 0 Å². The average molecular weight is 233 g/mol. The minimum Gasteiger partial charge on any atom is -0.481 e. The predicted octanol–water partition coefficient (Wildman–Crippen LogP) is 2.23. The summed E-state index contributed by atoms with van der Waals surface area (Å²) in [6.45, 7) is 1.35. The Labute approximate surface area is 91.1 Å². The summed E-state index contributed by atoms with van der Waals surface area (Å²) in [7, 11) is 0. The lowest BCUT2D eigenvalue weighted by Gasteiger charge is -2.15. The molecule has 0 saturated heterocycles. The topological polar surface area (TPSA) is 57.5 Å². The van der Waals surface area contributed by atoms with Gasteiger partial charge in [-0.15, -0.1) is 0 Å². The second-order valence-corrected chi connectivity index (χ2v) is 3.65. The summed E-state index contributed by atoms with van der Waals surface area (Å²) in [6, 6.07) is 3.71. The van der Waals surface area contributed by atoms with Gasteiger partial charge in [0.1, 0.15) is 5.82 Å². The van der Waals surface area contributed by atoms with Gasteiger partial charge in [0.05, 0.1) is 17.0 Å². The fraction of sp³-hybridized carbons (Fsp3) is 0.300. The molecular weight excluding hydrogens is 223 g/mol. The Hall–Kier alpha value is -1.13. The van der Waals surface area contributed by atoms with E-state index < -0.39 is 23.8 Å². The number of aliphatic carboxylic acids is 1. The molecule has 5 heteroatoms. The van der Waals surface area contributed by atoms with E-state index in [0.717, 1.165) is 6.07 Å². The lowest BCUT2D eigenvalue weighted by molar-refractivity contribution is -0.145. The molecule has 1 aromatic rings. The molecule has 2 N–H and O–H groups in total. The Morgan fingerprint density at radius 2 is 2.13 bits per heavy atom. The van der Waals surface area contributed by atoms with Crippen LogP contribution in [0.4, 0.5) is 4.39 Å². The molecule has 0 aromatic heterocycles. The van der Waals surface area contributed by atoms with E-state index in [1.165, 1.54) is 19.1 Å². The molecule has 82 valence electrons. The van der Waals surface area contributed by atoms with Gasteiger partial charge in [0.25, 0.3) is 0 Å². The number of carbonyl (C=O) groups is 1. The number of benzene rings is 1. The van der Waals surface area contributed by atoms with Crippen molar-refractivity contribution in [2.75, 3.05) is 0 Å². The summed E-state index contributed by atoms with van der Waals surface area (Å²) in [5.74, 6) is -2.81. The number of carboxylic acids is 1. The van der Waals surface area contributed by atoms with E-state index in [1.807, 2.05) is 0 Å². The number of aliphatic hydroxyl groups excluding tert-OH is 1. The standard InChI is InChI=1S/C10H10ClFO3/c1-5(10(14)15)9(13)6-2-3-7(11)8(12)4-6/h2-5,9,13H,1H3,(H,14,15). The van der Waals surface area contributed by atoms with E-state index in [0.29, 0.717) is 0 Å². The molecule has 0 amide bonds. The Morgan fingerprint density at radius 1 is 1.53 bits per heavy atom. The maximum atomic E-state index is 13.0. The minimum absolute atomic E-state index is 0.0612. The molecule has 0 bridgehead atoms. The lowest BCUT2D eigenvalue weighted by Crippen LogP contribution is -2.18. The van der Waals surface area contributed by atoms with Crippen molar-refractivity contribution in [3.05, 3.63) is 34.6 Å². The third-order valence-corrected chi connectivity index (χ3v) is 2.45. The van der Waals surface area contributed by atoms with Crippen LogP contribution < -0.4 is 0 Å².